The van der Waals surface area contributed by atoms with Gasteiger partial charge in [-0.1, -0.05) is 6.92 Å². The van der Waals surface area contributed by atoms with Crippen LogP contribution >= 0.6 is 0 Å². The first-order valence-corrected chi connectivity index (χ1v) is 7.10. The zero-order valence-corrected chi connectivity index (χ0v) is 13.0. The van der Waals surface area contributed by atoms with Gasteiger partial charge >= 0.3 is 0 Å². The number of aromatic nitrogens is 1. The van der Waals surface area contributed by atoms with Gasteiger partial charge in [0, 0.05) is 32.8 Å². The molecule has 20 heavy (non-hydrogen) atoms. The average molecular weight is 281 g/mol. The predicted molar refractivity (Wildman–Crippen MR) is 82.0 cm³/mol. The van der Waals surface area contributed by atoms with Crippen LogP contribution in [-0.2, 0) is 9.47 Å². The van der Waals surface area contributed by atoms with Gasteiger partial charge in [-0.25, -0.2) is 0 Å². The minimum absolute atomic E-state index is 0.00729. The Balaban J connectivity index is 2.84. The van der Waals surface area contributed by atoms with Gasteiger partial charge in [0.2, 0.25) is 0 Å². The minimum Gasteiger partial charge on any atom is -0.383 e. The molecule has 2 unspecified atom stereocenters. The van der Waals surface area contributed by atoms with E-state index in [-0.39, 0.29) is 12.1 Å². The number of methoxy groups -OCH3 is 2. The molecule has 0 radical (unpaired) electrons. The lowest BCUT2D eigenvalue weighted by molar-refractivity contribution is 0.171. The van der Waals surface area contributed by atoms with Gasteiger partial charge in [0.15, 0.2) is 0 Å². The van der Waals surface area contributed by atoms with Crippen LogP contribution in [0.15, 0.2) is 18.3 Å². The van der Waals surface area contributed by atoms with Crippen molar-refractivity contribution in [1.29, 1.82) is 0 Å². The van der Waals surface area contributed by atoms with Gasteiger partial charge < -0.3 is 20.1 Å². The van der Waals surface area contributed by atoms with E-state index in [9.17, 15) is 0 Å². The van der Waals surface area contributed by atoms with Crippen LogP contribution in [0.1, 0.15) is 32.0 Å². The third-order valence-corrected chi connectivity index (χ3v) is 3.40. The fourth-order valence-corrected chi connectivity index (χ4v) is 2.12. The van der Waals surface area contributed by atoms with E-state index in [0.29, 0.717) is 13.2 Å². The first-order valence-electron chi connectivity index (χ1n) is 7.10. The maximum atomic E-state index is 5.99. The molecule has 114 valence electrons. The smallest absolute Gasteiger partial charge is 0.0663 e. The van der Waals surface area contributed by atoms with E-state index in [1.807, 2.05) is 12.3 Å². The number of hydrogen-bond acceptors (Lipinski definition) is 5. The summed E-state index contributed by atoms with van der Waals surface area (Å²) in [6.45, 7) is 6.34. The molecule has 2 atom stereocenters. The number of nitrogens with two attached hydrogens (primary N) is 1. The van der Waals surface area contributed by atoms with Crippen molar-refractivity contribution < 1.29 is 9.47 Å². The highest BCUT2D eigenvalue weighted by atomic mass is 16.5. The summed E-state index contributed by atoms with van der Waals surface area (Å²) in [4.78, 5) is 6.71. The van der Waals surface area contributed by atoms with Crippen molar-refractivity contribution in [3.05, 3.63) is 24.0 Å². The highest BCUT2D eigenvalue weighted by Crippen LogP contribution is 2.19. The van der Waals surface area contributed by atoms with Crippen molar-refractivity contribution in [2.75, 3.05) is 38.9 Å². The lowest BCUT2D eigenvalue weighted by Crippen LogP contribution is -2.38. The summed E-state index contributed by atoms with van der Waals surface area (Å²) in [6.07, 6.45) is 2.77. The van der Waals surface area contributed by atoms with Gasteiger partial charge in [0.25, 0.3) is 0 Å². The second kappa shape index (κ2) is 8.89. The molecule has 2 N–H and O–H groups in total. The van der Waals surface area contributed by atoms with Crippen molar-refractivity contribution in [3.63, 3.8) is 0 Å². The van der Waals surface area contributed by atoms with Crippen LogP contribution in [0, 0.1) is 0 Å². The Morgan fingerprint density at radius 2 is 2.05 bits per heavy atom. The molecule has 0 bridgehead atoms. The van der Waals surface area contributed by atoms with Crippen LogP contribution in [0.5, 0.6) is 0 Å². The Bertz CT molecular complexity index is 370. The molecule has 0 aliphatic heterocycles. The molecule has 0 aliphatic rings. The van der Waals surface area contributed by atoms with Crippen LogP contribution in [0.25, 0.3) is 0 Å². The van der Waals surface area contributed by atoms with Crippen LogP contribution in [0.2, 0.25) is 0 Å². The first-order chi connectivity index (χ1) is 9.63. The molecule has 1 aromatic heterocycles. The topological polar surface area (TPSA) is 60.6 Å². The number of nitrogens with zero attached hydrogens (tertiary/aromatic N) is 2. The number of ether oxygens (including phenoxy) is 2. The van der Waals surface area contributed by atoms with E-state index in [2.05, 4.69) is 29.8 Å². The monoisotopic (exact) mass is 281 g/mol. The summed E-state index contributed by atoms with van der Waals surface area (Å²) in [5, 5.41) is 0. The molecule has 0 saturated carbocycles. The van der Waals surface area contributed by atoms with Crippen LogP contribution in [0.3, 0.4) is 0 Å². The van der Waals surface area contributed by atoms with E-state index in [0.717, 1.165) is 24.3 Å². The summed E-state index contributed by atoms with van der Waals surface area (Å²) in [6, 6.07) is 4.35. The second-order valence-electron chi connectivity index (χ2n) is 4.95. The van der Waals surface area contributed by atoms with Gasteiger partial charge in [-0.3, -0.25) is 4.98 Å². The molecule has 1 heterocycles. The molecular weight excluding hydrogens is 254 g/mol. The lowest BCUT2D eigenvalue weighted by atomic mass is 10.1. The number of hydrogen-bond donors (Lipinski definition) is 1. The molecular formula is C15H27N3O2. The zero-order chi connectivity index (χ0) is 15.0. The van der Waals surface area contributed by atoms with Gasteiger partial charge in [-0.2, -0.15) is 0 Å². The molecule has 0 amide bonds. The lowest BCUT2D eigenvalue weighted by Gasteiger charge is -2.30. The SMILES string of the molecule is CCC(N)c1ccc(N(CCOC)C(C)COC)cn1. The zero-order valence-electron chi connectivity index (χ0n) is 13.0. The molecule has 0 aromatic carbocycles. The number of pyridine rings is 1. The fourth-order valence-electron chi connectivity index (χ4n) is 2.12. The van der Waals surface area contributed by atoms with E-state index in [4.69, 9.17) is 15.2 Å². The van der Waals surface area contributed by atoms with Crippen LogP contribution in [-0.4, -0.2) is 45.0 Å². The highest BCUT2D eigenvalue weighted by molar-refractivity contribution is 5.46. The molecule has 1 aromatic rings. The molecule has 5 heteroatoms. The second-order valence-corrected chi connectivity index (χ2v) is 4.95. The van der Waals surface area contributed by atoms with Crippen molar-refractivity contribution in [3.8, 4) is 0 Å². The predicted octanol–water partition coefficient (Wildman–Crippen LogP) is 1.98. The third kappa shape index (κ3) is 4.74. The highest BCUT2D eigenvalue weighted by Gasteiger charge is 2.15. The van der Waals surface area contributed by atoms with Gasteiger partial charge in [-0.15, -0.1) is 0 Å². The normalized spacial score (nSPS) is 14.1. The minimum atomic E-state index is 0.00729. The first kappa shape index (κ1) is 16.9. The van der Waals surface area contributed by atoms with E-state index in [1.54, 1.807) is 14.2 Å². The largest absolute Gasteiger partial charge is 0.383 e. The van der Waals surface area contributed by atoms with Crippen LogP contribution < -0.4 is 10.6 Å². The van der Waals surface area contributed by atoms with E-state index < -0.39 is 0 Å². The summed E-state index contributed by atoms with van der Waals surface area (Å²) >= 11 is 0. The third-order valence-electron chi connectivity index (χ3n) is 3.40. The fraction of sp³-hybridized carbons (Fsp3) is 0.667. The average Bonchev–Trinajstić information content (AvgIpc) is 2.48. The Labute approximate surface area is 122 Å². The Hall–Kier alpha value is -1.17. The van der Waals surface area contributed by atoms with Crippen LogP contribution in [0.4, 0.5) is 5.69 Å². The maximum Gasteiger partial charge on any atom is 0.0663 e. The van der Waals surface area contributed by atoms with Crippen molar-refractivity contribution in [1.82, 2.24) is 4.98 Å². The molecule has 1 rings (SSSR count). The Morgan fingerprint density at radius 3 is 2.55 bits per heavy atom. The maximum absolute atomic E-state index is 5.99. The molecule has 0 saturated heterocycles. The Morgan fingerprint density at radius 1 is 1.30 bits per heavy atom. The molecule has 0 aliphatic carbocycles. The summed E-state index contributed by atoms with van der Waals surface area (Å²) in [7, 11) is 3.42. The Kier molecular flexibility index (Phi) is 7.51. The quantitative estimate of drug-likeness (QED) is 0.750. The van der Waals surface area contributed by atoms with Crippen molar-refractivity contribution in [2.24, 2.45) is 5.73 Å². The van der Waals surface area contributed by atoms with Gasteiger partial charge in [0.05, 0.1) is 30.8 Å². The molecule has 5 nitrogen and oxygen atoms in total. The molecule has 0 fully saturated rings. The van der Waals surface area contributed by atoms with E-state index >= 15 is 0 Å². The number of anilines is 1. The standard InChI is InChI=1S/C15H27N3O2/c1-5-14(16)15-7-6-13(10-17-15)18(8-9-19-3)12(2)11-20-4/h6-7,10,12,14H,5,8-9,11,16H2,1-4H3. The number of rotatable bonds is 9. The molecule has 0 spiro atoms. The van der Waals surface area contributed by atoms with Gasteiger partial charge in [-0.05, 0) is 25.5 Å². The van der Waals surface area contributed by atoms with Gasteiger partial charge in [0.1, 0.15) is 0 Å². The summed E-state index contributed by atoms with van der Waals surface area (Å²) < 4.78 is 10.4. The summed E-state index contributed by atoms with van der Waals surface area (Å²) in [5.74, 6) is 0. The van der Waals surface area contributed by atoms with Crippen molar-refractivity contribution >= 4 is 5.69 Å². The summed E-state index contributed by atoms with van der Waals surface area (Å²) in [5.41, 5.74) is 7.99. The van der Waals surface area contributed by atoms with Crippen molar-refractivity contribution in [2.45, 2.75) is 32.4 Å². The van der Waals surface area contributed by atoms with E-state index in [1.165, 1.54) is 0 Å².